The monoisotopic (exact) mass is 174 g/mol. The van der Waals surface area contributed by atoms with Gasteiger partial charge in [0.05, 0.1) is 11.5 Å². The van der Waals surface area contributed by atoms with E-state index in [0.717, 1.165) is 12.3 Å². The van der Waals surface area contributed by atoms with Crippen LogP contribution in [0, 0.1) is 17.3 Å². The van der Waals surface area contributed by atoms with Crippen LogP contribution in [0.1, 0.15) is 26.7 Å². The lowest BCUT2D eigenvalue weighted by molar-refractivity contribution is -0.137. The van der Waals surface area contributed by atoms with Gasteiger partial charge in [0.2, 0.25) is 0 Å². The number of hydrogen-bond acceptors (Lipinski definition) is 1. The zero-order valence-electron chi connectivity index (χ0n) is 7.05. The van der Waals surface area contributed by atoms with Crippen molar-refractivity contribution < 1.29 is 5.11 Å². The summed E-state index contributed by atoms with van der Waals surface area (Å²) in [6, 6.07) is 0. The molecule has 3 saturated carbocycles. The fourth-order valence-electron chi connectivity index (χ4n) is 2.70. The zero-order valence-corrected chi connectivity index (χ0v) is 7.80. The maximum atomic E-state index is 9.69. The highest BCUT2D eigenvalue weighted by molar-refractivity contribution is 6.21. The lowest BCUT2D eigenvalue weighted by Crippen LogP contribution is -2.58. The van der Waals surface area contributed by atoms with Crippen LogP contribution in [0.2, 0.25) is 0 Å². The third-order valence-corrected chi connectivity index (χ3v) is 4.28. The smallest absolute Gasteiger partial charge is 0.0737 e. The third kappa shape index (κ3) is 0.874. The van der Waals surface area contributed by atoms with Crippen molar-refractivity contribution in [1.82, 2.24) is 0 Å². The van der Waals surface area contributed by atoms with Crippen molar-refractivity contribution in [2.75, 3.05) is 0 Å². The predicted molar refractivity (Wildman–Crippen MR) is 45.6 cm³/mol. The van der Waals surface area contributed by atoms with Crippen LogP contribution >= 0.6 is 11.6 Å². The van der Waals surface area contributed by atoms with E-state index in [1.54, 1.807) is 0 Å². The van der Waals surface area contributed by atoms with Gasteiger partial charge in [-0.25, -0.2) is 0 Å². The van der Waals surface area contributed by atoms with Gasteiger partial charge in [-0.15, -0.1) is 11.6 Å². The molecule has 0 aromatic rings. The van der Waals surface area contributed by atoms with Crippen molar-refractivity contribution in [3.05, 3.63) is 0 Å². The van der Waals surface area contributed by atoms with Crippen molar-refractivity contribution in [2.45, 2.75) is 38.2 Å². The first kappa shape index (κ1) is 7.88. The summed E-state index contributed by atoms with van der Waals surface area (Å²) in [5.41, 5.74) is 0.352. The Kier molecular flexibility index (Phi) is 1.53. The summed E-state index contributed by atoms with van der Waals surface area (Å²) in [6.07, 6.45) is 1.94. The molecular formula is C9H15ClO. The summed E-state index contributed by atoms with van der Waals surface area (Å²) in [5.74, 6) is 1.22. The molecule has 64 valence electrons. The molecule has 0 unspecified atom stereocenters. The minimum atomic E-state index is -0.253. The molecule has 0 radical (unpaired) electrons. The number of aliphatic hydroxyl groups excluding tert-OH is 1. The summed E-state index contributed by atoms with van der Waals surface area (Å²) in [6.45, 7) is 4.50. The molecule has 0 saturated heterocycles. The highest BCUT2D eigenvalue weighted by atomic mass is 35.5. The second-order valence-corrected chi connectivity index (χ2v) is 5.16. The van der Waals surface area contributed by atoms with Gasteiger partial charge in [-0.05, 0) is 30.1 Å². The largest absolute Gasteiger partial charge is 0.391 e. The lowest BCUT2D eigenvalue weighted by Gasteiger charge is -2.60. The molecule has 3 rings (SSSR count). The number of rotatable bonds is 0. The highest BCUT2D eigenvalue weighted by Gasteiger charge is 2.56. The Morgan fingerprint density at radius 2 is 2.00 bits per heavy atom. The van der Waals surface area contributed by atoms with Gasteiger partial charge in [-0.3, -0.25) is 0 Å². The van der Waals surface area contributed by atoms with Crippen molar-refractivity contribution in [2.24, 2.45) is 17.3 Å². The molecule has 0 heterocycles. The van der Waals surface area contributed by atoms with Crippen molar-refractivity contribution >= 4 is 11.6 Å². The van der Waals surface area contributed by atoms with Gasteiger partial charge in [0.15, 0.2) is 0 Å². The number of fused-ring (bicyclic) bond motifs is 2. The van der Waals surface area contributed by atoms with Gasteiger partial charge in [-0.1, -0.05) is 13.8 Å². The van der Waals surface area contributed by atoms with Gasteiger partial charge in [0, 0.05) is 0 Å². The van der Waals surface area contributed by atoms with Crippen LogP contribution in [0.25, 0.3) is 0 Å². The normalized spacial score (nSPS) is 53.5. The summed E-state index contributed by atoms with van der Waals surface area (Å²) >= 11 is 5.97. The molecular weight excluding hydrogens is 160 g/mol. The minimum Gasteiger partial charge on any atom is -0.391 e. The van der Waals surface area contributed by atoms with E-state index in [-0.39, 0.29) is 11.5 Å². The summed E-state index contributed by atoms with van der Waals surface area (Å²) < 4.78 is 0. The molecule has 11 heavy (non-hydrogen) atoms. The lowest BCUT2D eigenvalue weighted by atomic mass is 9.48. The van der Waals surface area contributed by atoms with E-state index < -0.39 is 0 Å². The van der Waals surface area contributed by atoms with Crippen molar-refractivity contribution in [1.29, 1.82) is 0 Å². The number of alkyl halides is 1. The Morgan fingerprint density at radius 1 is 1.36 bits per heavy atom. The van der Waals surface area contributed by atoms with Crippen LogP contribution in [0.4, 0.5) is 0 Å². The van der Waals surface area contributed by atoms with E-state index in [9.17, 15) is 5.11 Å². The molecule has 0 spiro atoms. The van der Waals surface area contributed by atoms with Gasteiger partial charge in [0.1, 0.15) is 0 Å². The van der Waals surface area contributed by atoms with Gasteiger partial charge < -0.3 is 5.11 Å². The molecule has 1 nitrogen and oxygen atoms in total. The maximum Gasteiger partial charge on any atom is 0.0737 e. The van der Waals surface area contributed by atoms with Crippen LogP contribution in [0.5, 0.6) is 0 Å². The first-order chi connectivity index (χ1) is 5.03. The molecule has 1 N–H and O–H groups in total. The molecule has 0 amide bonds. The minimum absolute atomic E-state index is 0.0202. The number of hydrogen-bond donors (Lipinski definition) is 1. The Bertz CT molecular complexity index is 178. The van der Waals surface area contributed by atoms with E-state index >= 15 is 0 Å². The Morgan fingerprint density at radius 3 is 2.36 bits per heavy atom. The van der Waals surface area contributed by atoms with Crippen LogP contribution in [0.15, 0.2) is 0 Å². The van der Waals surface area contributed by atoms with Crippen LogP contribution in [0.3, 0.4) is 0 Å². The van der Waals surface area contributed by atoms with E-state index in [4.69, 9.17) is 11.6 Å². The Hall–Kier alpha value is 0.250. The molecule has 0 aromatic carbocycles. The number of aliphatic hydroxyl groups is 1. The average molecular weight is 175 g/mol. The molecule has 3 fully saturated rings. The fourth-order valence-corrected chi connectivity index (χ4v) is 3.09. The molecule has 0 aromatic heterocycles. The molecule has 0 aliphatic heterocycles. The molecule has 2 bridgehead atoms. The van der Waals surface area contributed by atoms with Gasteiger partial charge in [0.25, 0.3) is 0 Å². The molecule has 4 atom stereocenters. The average Bonchev–Trinajstić information content (AvgIpc) is 1.93. The van der Waals surface area contributed by atoms with Crippen LogP contribution in [-0.2, 0) is 0 Å². The first-order valence-corrected chi connectivity index (χ1v) is 4.79. The van der Waals surface area contributed by atoms with Gasteiger partial charge in [-0.2, -0.15) is 0 Å². The van der Waals surface area contributed by atoms with E-state index in [1.165, 1.54) is 6.42 Å². The van der Waals surface area contributed by atoms with E-state index in [0.29, 0.717) is 11.3 Å². The van der Waals surface area contributed by atoms with Gasteiger partial charge >= 0.3 is 0 Å². The topological polar surface area (TPSA) is 20.2 Å². The standard InChI is InChI=1S/C9H15ClO/c1-9(2)5-3-6(9)8(11)7(10)4-5/h5-8,11H,3-4H2,1-2H3/t5-,6+,7-,8+/m1/s1. The van der Waals surface area contributed by atoms with Crippen molar-refractivity contribution in [3.8, 4) is 0 Å². The third-order valence-electron chi connectivity index (χ3n) is 3.84. The molecule has 2 heteroatoms. The quantitative estimate of drug-likeness (QED) is 0.558. The second-order valence-electron chi connectivity index (χ2n) is 4.60. The first-order valence-electron chi connectivity index (χ1n) is 4.35. The molecule has 3 aliphatic carbocycles. The number of halogens is 1. The molecule has 3 aliphatic rings. The second kappa shape index (κ2) is 2.14. The van der Waals surface area contributed by atoms with E-state index in [1.807, 2.05) is 0 Å². The highest BCUT2D eigenvalue weighted by Crippen LogP contribution is 2.59. The summed E-state index contributed by atoms with van der Waals surface area (Å²) in [5, 5.41) is 9.71. The fraction of sp³-hybridized carbons (Fsp3) is 1.00. The Balaban J connectivity index is 2.17. The SMILES string of the molecule is CC1(C)[C@H]2C[C@@H](Cl)[C@@H](O)[C@@H]1C2. The zero-order chi connectivity index (χ0) is 8.22. The Labute approximate surface area is 72.7 Å². The van der Waals surface area contributed by atoms with E-state index in [2.05, 4.69) is 13.8 Å². The predicted octanol–water partition coefficient (Wildman–Crippen LogP) is 2.02. The van der Waals surface area contributed by atoms with Crippen LogP contribution < -0.4 is 0 Å². The van der Waals surface area contributed by atoms with Crippen molar-refractivity contribution in [3.63, 3.8) is 0 Å². The summed E-state index contributed by atoms with van der Waals surface area (Å²) in [4.78, 5) is 0. The summed E-state index contributed by atoms with van der Waals surface area (Å²) in [7, 11) is 0. The van der Waals surface area contributed by atoms with Crippen LogP contribution in [-0.4, -0.2) is 16.6 Å². The maximum absolute atomic E-state index is 9.69.